The average molecular weight is 458 g/mol. The lowest BCUT2D eigenvalue weighted by Gasteiger charge is -2.11. The first-order chi connectivity index (χ1) is 16.1. The van der Waals surface area contributed by atoms with Crippen molar-refractivity contribution in [1.82, 2.24) is 10.2 Å². The molecule has 1 aromatic heterocycles. The molecule has 1 N–H and O–H groups in total. The molecule has 0 fully saturated rings. The summed E-state index contributed by atoms with van der Waals surface area (Å²) in [5.41, 5.74) is 2.55. The molecule has 0 bridgehead atoms. The number of amides is 1. The third kappa shape index (κ3) is 4.25. The van der Waals surface area contributed by atoms with Crippen molar-refractivity contribution in [2.24, 2.45) is 0 Å². The Balaban J connectivity index is 1.37. The average Bonchev–Trinajstić information content (AvgIpc) is 3.30. The molecule has 1 amide bonds. The Hall–Kier alpha value is -3.91. The SMILES string of the molecule is CC(=O)c1cc2c(cc1NC(=O)CSc1nnc(-c3ccccc3)c3ccccc13)OCO2. The Bertz CT molecular complexity index is 1380. The highest BCUT2D eigenvalue weighted by Gasteiger charge is 2.21. The van der Waals surface area contributed by atoms with E-state index in [1.165, 1.54) is 18.7 Å². The lowest BCUT2D eigenvalue weighted by molar-refractivity contribution is -0.113. The van der Waals surface area contributed by atoms with Crippen molar-refractivity contribution < 1.29 is 19.1 Å². The fraction of sp³-hybridized carbons (Fsp3) is 0.120. The van der Waals surface area contributed by atoms with Gasteiger partial charge in [0.05, 0.1) is 11.4 Å². The zero-order valence-electron chi connectivity index (χ0n) is 17.7. The molecule has 33 heavy (non-hydrogen) atoms. The highest BCUT2D eigenvalue weighted by molar-refractivity contribution is 8.00. The normalized spacial score (nSPS) is 12.0. The van der Waals surface area contributed by atoms with E-state index in [0.29, 0.717) is 27.8 Å². The lowest BCUT2D eigenvalue weighted by atomic mass is 10.1. The number of thioether (sulfide) groups is 1. The molecule has 0 saturated carbocycles. The number of fused-ring (bicyclic) bond motifs is 2. The molecule has 0 aliphatic carbocycles. The van der Waals surface area contributed by atoms with Crippen LogP contribution in [0.3, 0.4) is 0 Å². The smallest absolute Gasteiger partial charge is 0.234 e. The van der Waals surface area contributed by atoms with Gasteiger partial charge in [0.1, 0.15) is 10.7 Å². The van der Waals surface area contributed by atoms with Gasteiger partial charge in [-0.3, -0.25) is 9.59 Å². The second-order valence-corrected chi connectivity index (χ2v) is 8.37. The minimum Gasteiger partial charge on any atom is -0.454 e. The highest BCUT2D eigenvalue weighted by atomic mass is 32.2. The van der Waals surface area contributed by atoms with Crippen molar-refractivity contribution in [2.75, 3.05) is 17.9 Å². The Morgan fingerprint density at radius 2 is 1.64 bits per heavy atom. The highest BCUT2D eigenvalue weighted by Crippen LogP contribution is 2.37. The van der Waals surface area contributed by atoms with Gasteiger partial charge in [0, 0.05) is 28.0 Å². The molecular weight excluding hydrogens is 438 g/mol. The minimum absolute atomic E-state index is 0.0879. The van der Waals surface area contributed by atoms with E-state index in [1.807, 2.05) is 54.6 Å². The number of aromatic nitrogens is 2. The standard InChI is InChI=1S/C25H19N3O4S/c1-15(29)19-11-21-22(32-14-31-21)12-20(19)26-23(30)13-33-25-18-10-6-5-9-17(18)24(27-28-25)16-7-3-2-4-8-16/h2-12H,13-14H2,1H3,(H,26,30). The van der Waals surface area contributed by atoms with Crippen LogP contribution in [0.5, 0.6) is 11.5 Å². The molecule has 0 spiro atoms. The molecule has 0 radical (unpaired) electrons. The second kappa shape index (κ2) is 8.91. The van der Waals surface area contributed by atoms with Gasteiger partial charge in [-0.1, -0.05) is 66.4 Å². The maximum atomic E-state index is 12.7. The van der Waals surface area contributed by atoms with Crippen LogP contribution in [0.1, 0.15) is 17.3 Å². The van der Waals surface area contributed by atoms with Gasteiger partial charge in [-0.25, -0.2) is 0 Å². The van der Waals surface area contributed by atoms with Gasteiger partial charge < -0.3 is 14.8 Å². The summed E-state index contributed by atoms with van der Waals surface area (Å²) in [6, 6.07) is 21.0. The molecule has 1 aliphatic rings. The number of ether oxygens (including phenoxy) is 2. The molecule has 0 saturated heterocycles. The molecule has 8 heteroatoms. The first-order valence-electron chi connectivity index (χ1n) is 10.3. The van der Waals surface area contributed by atoms with Gasteiger partial charge in [-0.05, 0) is 13.0 Å². The first kappa shape index (κ1) is 21.0. The summed E-state index contributed by atoms with van der Waals surface area (Å²) in [5.74, 6) is 0.655. The second-order valence-electron chi connectivity index (χ2n) is 7.41. The van der Waals surface area contributed by atoms with Gasteiger partial charge in [0.25, 0.3) is 0 Å². The van der Waals surface area contributed by atoms with E-state index < -0.39 is 0 Å². The van der Waals surface area contributed by atoms with Gasteiger partial charge in [0.15, 0.2) is 17.3 Å². The van der Waals surface area contributed by atoms with Crippen LogP contribution in [0.2, 0.25) is 0 Å². The molecule has 164 valence electrons. The van der Waals surface area contributed by atoms with E-state index in [9.17, 15) is 9.59 Å². The number of hydrogen-bond donors (Lipinski definition) is 1. The van der Waals surface area contributed by atoms with Gasteiger partial charge in [-0.15, -0.1) is 10.2 Å². The van der Waals surface area contributed by atoms with E-state index in [1.54, 1.807) is 12.1 Å². The summed E-state index contributed by atoms with van der Waals surface area (Å²) >= 11 is 1.29. The molecule has 7 nitrogen and oxygen atoms in total. The maximum Gasteiger partial charge on any atom is 0.234 e. The fourth-order valence-electron chi connectivity index (χ4n) is 3.65. The predicted molar refractivity (Wildman–Crippen MR) is 127 cm³/mol. The van der Waals surface area contributed by atoms with Crippen LogP contribution >= 0.6 is 11.8 Å². The van der Waals surface area contributed by atoms with Gasteiger partial charge in [0.2, 0.25) is 12.7 Å². The Labute approximate surface area is 194 Å². The van der Waals surface area contributed by atoms with Crippen molar-refractivity contribution in [3.63, 3.8) is 0 Å². The number of nitrogens with one attached hydrogen (secondary N) is 1. The van der Waals surface area contributed by atoms with Crippen LogP contribution in [-0.4, -0.2) is 34.4 Å². The lowest BCUT2D eigenvalue weighted by Crippen LogP contribution is -2.16. The summed E-state index contributed by atoms with van der Waals surface area (Å²) in [5, 5.41) is 14.2. The topological polar surface area (TPSA) is 90.4 Å². The minimum atomic E-state index is -0.264. The Morgan fingerprint density at radius 1 is 0.939 bits per heavy atom. The quantitative estimate of drug-likeness (QED) is 0.323. The van der Waals surface area contributed by atoms with Gasteiger partial charge in [-0.2, -0.15) is 0 Å². The maximum absolute atomic E-state index is 12.7. The zero-order chi connectivity index (χ0) is 22.8. The summed E-state index contributed by atoms with van der Waals surface area (Å²) in [6.45, 7) is 1.53. The Kier molecular flexibility index (Phi) is 5.66. The predicted octanol–water partition coefficient (Wildman–Crippen LogP) is 4.96. The number of ketones is 1. The van der Waals surface area contributed by atoms with Crippen LogP contribution in [0.25, 0.3) is 22.0 Å². The first-order valence-corrected chi connectivity index (χ1v) is 11.3. The number of benzene rings is 3. The number of Topliss-reactive ketones (excluding diaryl/α,β-unsaturated/α-hetero) is 1. The van der Waals surface area contributed by atoms with Crippen LogP contribution in [0.4, 0.5) is 5.69 Å². The number of nitrogens with zero attached hydrogens (tertiary/aromatic N) is 2. The molecule has 2 heterocycles. The van der Waals surface area contributed by atoms with Crippen molar-refractivity contribution in [3.8, 4) is 22.8 Å². The van der Waals surface area contributed by atoms with Crippen LogP contribution in [0, 0.1) is 0 Å². The van der Waals surface area contributed by atoms with Crippen LogP contribution in [-0.2, 0) is 4.79 Å². The van der Waals surface area contributed by atoms with E-state index in [-0.39, 0.29) is 24.2 Å². The van der Waals surface area contributed by atoms with Crippen molar-refractivity contribution in [1.29, 1.82) is 0 Å². The van der Waals surface area contributed by atoms with E-state index >= 15 is 0 Å². The summed E-state index contributed by atoms with van der Waals surface area (Å²) < 4.78 is 10.7. The molecule has 0 atom stereocenters. The monoisotopic (exact) mass is 457 g/mol. The number of rotatable bonds is 6. The summed E-state index contributed by atoms with van der Waals surface area (Å²) in [6.07, 6.45) is 0. The molecule has 4 aromatic rings. The van der Waals surface area contributed by atoms with Gasteiger partial charge >= 0.3 is 0 Å². The third-order valence-corrected chi connectivity index (χ3v) is 6.19. The van der Waals surface area contributed by atoms with E-state index in [2.05, 4.69) is 15.5 Å². The zero-order valence-corrected chi connectivity index (χ0v) is 18.5. The van der Waals surface area contributed by atoms with Crippen LogP contribution < -0.4 is 14.8 Å². The third-order valence-electron chi connectivity index (χ3n) is 5.21. The van der Waals surface area contributed by atoms with E-state index in [0.717, 1.165) is 22.0 Å². The number of anilines is 1. The van der Waals surface area contributed by atoms with E-state index in [4.69, 9.17) is 9.47 Å². The van der Waals surface area contributed by atoms with Crippen molar-refractivity contribution in [2.45, 2.75) is 11.9 Å². The molecule has 3 aromatic carbocycles. The molecular formula is C25H19N3O4S. The fourth-order valence-corrected chi connectivity index (χ4v) is 4.42. The van der Waals surface area contributed by atoms with Crippen LogP contribution in [0.15, 0.2) is 71.8 Å². The summed E-state index contributed by atoms with van der Waals surface area (Å²) in [7, 11) is 0. The molecule has 5 rings (SSSR count). The number of hydrogen-bond acceptors (Lipinski definition) is 7. The largest absolute Gasteiger partial charge is 0.454 e. The summed E-state index contributed by atoms with van der Waals surface area (Å²) in [4.78, 5) is 24.8. The van der Waals surface area contributed by atoms with Crippen molar-refractivity contribution >= 4 is 39.9 Å². The molecule has 1 aliphatic heterocycles. The Morgan fingerprint density at radius 3 is 2.39 bits per heavy atom. The number of carbonyl (C=O) groups is 2. The molecule has 0 unspecified atom stereocenters. The number of carbonyl (C=O) groups excluding carboxylic acids is 2. The van der Waals surface area contributed by atoms with Crippen molar-refractivity contribution in [3.05, 3.63) is 72.3 Å².